The van der Waals surface area contributed by atoms with E-state index in [-0.39, 0.29) is 0 Å². The molecule has 56 heavy (non-hydrogen) atoms. The van der Waals surface area contributed by atoms with Gasteiger partial charge in [0.15, 0.2) is 0 Å². The highest BCUT2D eigenvalue weighted by atomic mass is 16.5. The van der Waals surface area contributed by atoms with E-state index in [4.69, 9.17) is 19.4 Å². The van der Waals surface area contributed by atoms with Crippen LogP contribution in [0.1, 0.15) is 43.5 Å². The molecular weight excluding hydrogens is 701 g/mol. The van der Waals surface area contributed by atoms with Gasteiger partial charge in [0.25, 0.3) is 0 Å². The van der Waals surface area contributed by atoms with E-state index in [0.717, 1.165) is 78.0 Å². The maximum absolute atomic E-state index is 12.4. The summed E-state index contributed by atoms with van der Waals surface area (Å²) in [4.78, 5) is 51.4. The topological polar surface area (TPSA) is 136 Å². The van der Waals surface area contributed by atoms with Gasteiger partial charge in [0.1, 0.15) is 0 Å². The van der Waals surface area contributed by atoms with Crippen LogP contribution in [0.25, 0.3) is 90.9 Å². The molecule has 7 aromatic rings. The fourth-order valence-corrected chi connectivity index (χ4v) is 7.24. The fraction of sp³-hybridized carbons (Fsp3) is 0.0435. The van der Waals surface area contributed by atoms with E-state index in [0.29, 0.717) is 22.5 Å². The molecule has 2 aliphatic heterocycles. The quantitative estimate of drug-likeness (QED) is 0.161. The van der Waals surface area contributed by atoms with Crippen LogP contribution >= 0.6 is 0 Å². The molecule has 0 fully saturated rings. The minimum atomic E-state index is -0.416. The molecule has 0 saturated carbocycles. The lowest BCUT2D eigenvalue weighted by atomic mass is 10.0. The lowest BCUT2D eigenvalue weighted by Crippen LogP contribution is -2.00. The molecule has 9 rings (SSSR count). The molecule has 0 saturated heterocycles. The molecule has 8 bridgehead atoms. The fourth-order valence-electron chi connectivity index (χ4n) is 7.24. The number of ether oxygens (including phenoxy) is 2. The van der Waals surface area contributed by atoms with E-state index < -0.39 is 11.9 Å². The number of rotatable bonds is 6. The van der Waals surface area contributed by atoms with Crippen molar-refractivity contribution >= 4 is 58.3 Å². The van der Waals surface area contributed by atoms with Crippen LogP contribution in [0.5, 0.6) is 0 Å². The van der Waals surface area contributed by atoms with Crippen molar-refractivity contribution in [3.8, 4) is 44.5 Å². The predicted octanol–water partition coefficient (Wildman–Crippen LogP) is 9.69. The van der Waals surface area contributed by atoms with Gasteiger partial charge in [-0.15, -0.1) is 0 Å². The minimum Gasteiger partial charge on any atom is -0.465 e. The predicted molar refractivity (Wildman–Crippen MR) is 219 cm³/mol. The smallest absolute Gasteiger partial charge is 0.337 e. The molecule has 2 N–H and O–H groups in total. The largest absolute Gasteiger partial charge is 0.465 e. The van der Waals surface area contributed by atoms with E-state index >= 15 is 0 Å². The van der Waals surface area contributed by atoms with E-state index in [1.807, 2.05) is 85.0 Å². The lowest BCUT2D eigenvalue weighted by molar-refractivity contribution is 0.0592. The Balaban J connectivity index is 1.42. The summed E-state index contributed by atoms with van der Waals surface area (Å²) in [5, 5.41) is 0. The number of H-pyrrole nitrogens is 2. The second-order valence-corrected chi connectivity index (χ2v) is 13.1. The van der Waals surface area contributed by atoms with Gasteiger partial charge in [-0.2, -0.15) is 0 Å². The van der Waals surface area contributed by atoms with Crippen molar-refractivity contribution in [1.29, 1.82) is 0 Å². The summed E-state index contributed by atoms with van der Waals surface area (Å²) >= 11 is 0. The number of methoxy groups -OCH3 is 2. The van der Waals surface area contributed by atoms with Gasteiger partial charge >= 0.3 is 11.9 Å². The van der Waals surface area contributed by atoms with Gasteiger partial charge in [-0.3, -0.25) is 9.97 Å². The first-order valence-electron chi connectivity index (χ1n) is 17.8. The van der Waals surface area contributed by atoms with Crippen LogP contribution in [0.15, 0.2) is 122 Å². The summed E-state index contributed by atoms with van der Waals surface area (Å²) in [7, 11) is 2.73. The number of carbonyl (C=O) groups excluding carboxylic acids is 2. The van der Waals surface area contributed by atoms with Crippen molar-refractivity contribution in [2.45, 2.75) is 0 Å². The maximum Gasteiger partial charge on any atom is 0.337 e. The first-order chi connectivity index (χ1) is 27.5. The normalized spacial score (nSPS) is 11.8. The molecular formula is C46H32N6O4. The summed E-state index contributed by atoms with van der Waals surface area (Å²) in [5.41, 5.74) is 14.3. The average molecular weight is 733 g/mol. The Hall–Kier alpha value is -7.72. The molecule has 2 aromatic carbocycles. The zero-order valence-corrected chi connectivity index (χ0v) is 30.3. The summed E-state index contributed by atoms with van der Waals surface area (Å²) in [6, 6.07) is 30.7. The van der Waals surface area contributed by atoms with Crippen molar-refractivity contribution in [1.82, 2.24) is 29.9 Å². The summed E-state index contributed by atoms with van der Waals surface area (Å²) in [5.74, 6) is -0.832. The Morgan fingerprint density at radius 2 is 0.696 bits per heavy atom. The molecule has 2 aliphatic rings. The van der Waals surface area contributed by atoms with Crippen molar-refractivity contribution in [2.24, 2.45) is 0 Å². The van der Waals surface area contributed by atoms with Gasteiger partial charge in [-0.25, -0.2) is 19.6 Å². The number of esters is 2. The monoisotopic (exact) mass is 732 g/mol. The molecule has 0 radical (unpaired) electrons. The molecule has 270 valence electrons. The van der Waals surface area contributed by atoms with Crippen LogP contribution in [0, 0.1) is 0 Å². The van der Waals surface area contributed by atoms with Crippen LogP contribution in [0.2, 0.25) is 0 Å². The highest BCUT2D eigenvalue weighted by Crippen LogP contribution is 2.38. The van der Waals surface area contributed by atoms with Crippen molar-refractivity contribution in [2.75, 3.05) is 14.2 Å². The summed E-state index contributed by atoms with van der Waals surface area (Å²) in [6.45, 7) is 0. The van der Waals surface area contributed by atoms with Crippen molar-refractivity contribution in [3.05, 3.63) is 156 Å². The van der Waals surface area contributed by atoms with E-state index in [9.17, 15) is 9.59 Å². The van der Waals surface area contributed by atoms with Gasteiger partial charge in [-0.05, 0) is 119 Å². The number of benzene rings is 2. The Kier molecular flexibility index (Phi) is 8.67. The number of fused-ring (bicyclic) bond motifs is 8. The molecule has 5 aromatic heterocycles. The lowest BCUT2D eigenvalue weighted by Gasteiger charge is -2.07. The number of pyridine rings is 2. The molecule has 0 unspecified atom stereocenters. The molecule has 0 atom stereocenters. The third-order valence-electron chi connectivity index (χ3n) is 9.88. The van der Waals surface area contributed by atoms with Crippen LogP contribution in [0.3, 0.4) is 0 Å². The number of carbonyl (C=O) groups is 2. The van der Waals surface area contributed by atoms with Crippen LogP contribution in [-0.2, 0) is 9.47 Å². The number of hydrogen-bond donors (Lipinski definition) is 2. The zero-order valence-electron chi connectivity index (χ0n) is 30.3. The Morgan fingerprint density at radius 1 is 0.411 bits per heavy atom. The van der Waals surface area contributed by atoms with Gasteiger partial charge in [0, 0.05) is 69.1 Å². The van der Waals surface area contributed by atoms with Crippen LogP contribution in [-0.4, -0.2) is 56.1 Å². The van der Waals surface area contributed by atoms with Crippen LogP contribution < -0.4 is 0 Å². The highest BCUT2D eigenvalue weighted by molar-refractivity contribution is 6.00. The minimum absolute atomic E-state index is 0.416. The van der Waals surface area contributed by atoms with E-state index in [1.54, 1.807) is 49.1 Å². The van der Waals surface area contributed by atoms with Gasteiger partial charge in [0.2, 0.25) is 0 Å². The third kappa shape index (κ3) is 6.14. The highest BCUT2D eigenvalue weighted by Gasteiger charge is 2.19. The average Bonchev–Trinajstić information content (AvgIpc) is 4.10. The second-order valence-electron chi connectivity index (χ2n) is 13.1. The first kappa shape index (κ1) is 34.1. The van der Waals surface area contributed by atoms with Gasteiger partial charge < -0.3 is 19.4 Å². The summed E-state index contributed by atoms with van der Waals surface area (Å²) < 4.78 is 9.96. The van der Waals surface area contributed by atoms with Crippen LogP contribution in [0.4, 0.5) is 0 Å². The number of aromatic nitrogens is 6. The molecule has 10 heteroatoms. The molecule has 0 amide bonds. The van der Waals surface area contributed by atoms with E-state index in [2.05, 4.69) is 32.1 Å². The molecule has 7 heterocycles. The SMILES string of the molecule is COC(=O)c1ccc(-c2c3nc(c(-c4ccc(C(=O)OC)cc4)c4ccc([nH]4)c(-c4ccncc4)c4nc(c(-c5ccncc5)c5ccc2[nH]5)C=C4)C=C3)cc1. The van der Waals surface area contributed by atoms with Gasteiger partial charge in [0.05, 0.1) is 48.1 Å². The number of aromatic amines is 2. The maximum atomic E-state index is 12.4. The number of nitrogens with zero attached hydrogens (tertiary/aromatic N) is 4. The number of hydrogen-bond acceptors (Lipinski definition) is 8. The van der Waals surface area contributed by atoms with Gasteiger partial charge in [-0.1, -0.05) is 24.3 Å². The van der Waals surface area contributed by atoms with Crippen molar-refractivity contribution in [3.63, 3.8) is 0 Å². The van der Waals surface area contributed by atoms with E-state index in [1.165, 1.54) is 14.2 Å². The molecule has 0 aliphatic carbocycles. The molecule has 10 nitrogen and oxygen atoms in total. The Morgan fingerprint density at radius 3 is 0.982 bits per heavy atom. The second kappa shape index (κ2) is 14.3. The zero-order chi connectivity index (χ0) is 38.2. The molecule has 0 spiro atoms. The Labute approximate surface area is 320 Å². The number of nitrogens with one attached hydrogen (secondary N) is 2. The Bertz CT molecular complexity index is 2700. The third-order valence-corrected chi connectivity index (χ3v) is 9.88. The first-order valence-corrected chi connectivity index (χ1v) is 17.8. The standard InChI is InChI=1S/C46H32N6O4/c1-55-45(53)31-7-3-27(4-8-31)41-33-11-12-34(49-33)42(28-5-9-32(10-6-28)46(54)56-2)36-14-16-38(51-36)44(30-21-25-48-26-22-30)40-18-17-39(52-40)43(29-19-23-47-24-20-29)37-15-13-35(41)50-37/h3-26,50-51H,1-2H3. The van der Waals surface area contributed by atoms with Crippen molar-refractivity contribution < 1.29 is 19.1 Å². The summed E-state index contributed by atoms with van der Waals surface area (Å²) in [6.07, 6.45) is 15.2.